The highest BCUT2D eigenvalue weighted by Crippen LogP contribution is 2.40. The van der Waals surface area contributed by atoms with Crippen LogP contribution in [0.4, 0.5) is 13.2 Å². The van der Waals surface area contributed by atoms with E-state index in [2.05, 4.69) is 43.3 Å². The van der Waals surface area contributed by atoms with Crippen LogP contribution in [-0.2, 0) is 17.7 Å². The molecule has 0 aliphatic heterocycles. The minimum Gasteiger partial charge on any atom is -0.221 e. The van der Waals surface area contributed by atoms with Gasteiger partial charge in [0.25, 0.3) is 0 Å². The molecule has 2 heterocycles. The Morgan fingerprint density at radius 1 is 0.824 bits per heavy atom. The van der Waals surface area contributed by atoms with Crippen molar-refractivity contribution in [1.29, 1.82) is 0 Å². The van der Waals surface area contributed by atoms with Crippen molar-refractivity contribution in [3.63, 3.8) is 0 Å². The molecule has 5 rings (SSSR count). The Morgan fingerprint density at radius 2 is 1.59 bits per heavy atom. The summed E-state index contributed by atoms with van der Waals surface area (Å²) in [5.41, 5.74) is 3.28. The van der Waals surface area contributed by atoms with Gasteiger partial charge in [-0.05, 0) is 30.2 Å². The third-order valence-electron chi connectivity index (χ3n) is 5.29. The quantitative estimate of drug-likeness (QED) is 0.129. The maximum atomic E-state index is 13.1. The highest BCUT2D eigenvalue weighted by Gasteiger charge is 2.30. The normalized spacial score (nSPS) is 12.0. The van der Waals surface area contributed by atoms with Gasteiger partial charge in [0.05, 0.1) is 15.8 Å². The summed E-state index contributed by atoms with van der Waals surface area (Å²) < 4.78 is 41.5. The summed E-state index contributed by atoms with van der Waals surface area (Å²) >= 11 is 4.64. The molecule has 2 nitrogen and oxygen atoms in total. The molecule has 0 amide bonds. The predicted octanol–water partition coefficient (Wildman–Crippen LogP) is 8.76. The lowest BCUT2D eigenvalue weighted by atomic mass is 10.1. The summed E-state index contributed by atoms with van der Waals surface area (Å²) in [6, 6.07) is 22.0. The van der Waals surface area contributed by atoms with E-state index in [0.29, 0.717) is 16.5 Å². The van der Waals surface area contributed by atoms with Crippen LogP contribution in [0.5, 0.6) is 0 Å². The molecule has 0 fully saturated rings. The van der Waals surface area contributed by atoms with E-state index in [0.717, 1.165) is 37.1 Å². The van der Waals surface area contributed by atoms with Gasteiger partial charge in [-0.15, -0.1) is 23.1 Å². The molecule has 34 heavy (non-hydrogen) atoms. The number of nitrogens with zero attached hydrogens (tertiary/aromatic N) is 2. The second-order valence-electron chi connectivity index (χ2n) is 7.85. The van der Waals surface area contributed by atoms with Crippen molar-refractivity contribution >= 4 is 55.2 Å². The fourth-order valence-electron chi connectivity index (χ4n) is 3.53. The van der Waals surface area contributed by atoms with E-state index in [4.69, 9.17) is 9.97 Å². The molecule has 0 aliphatic carbocycles. The summed E-state index contributed by atoms with van der Waals surface area (Å²) in [4.78, 5) is 9.68. The van der Waals surface area contributed by atoms with Crippen LogP contribution in [0.2, 0.25) is 0 Å². The number of halogens is 3. The number of aromatic nitrogens is 2. The maximum Gasteiger partial charge on any atom is 0.416 e. The first-order valence-electron chi connectivity index (χ1n) is 10.5. The number of benzene rings is 3. The van der Waals surface area contributed by atoms with Crippen molar-refractivity contribution in [2.75, 3.05) is 0 Å². The molecule has 0 spiro atoms. The first-order chi connectivity index (χ1) is 16.4. The Balaban J connectivity index is 1.47. The molecule has 5 aromatic rings. The first kappa shape index (κ1) is 23.2. The topological polar surface area (TPSA) is 25.8 Å². The lowest BCUT2D eigenvalue weighted by Gasteiger charge is -2.09. The second-order valence-corrected chi connectivity index (χ2v) is 10.8. The van der Waals surface area contributed by atoms with Crippen molar-refractivity contribution in [1.82, 2.24) is 9.97 Å². The minimum atomic E-state index is -4.35. The van der Waals surface area contributed by atoms with Crippen molar-refractivity contribution < 1.29 is 13.2 Å². The smallest absolute Gasteiger partial charge is 0.221 e. The number of rotatable bonds is 6. The SMILES string of the molecule is Cc1ccc(CSc2nc(SCc3cccc(C(F)(F)F)c3)c3sc4ccccc4c3n2)cc1. The van der Waals surface area contributed by atoms with Crippen molar-refractivity contribution in [2.24, 2.45) is 0 Å². The first-order valence-corrected chi connectivity index (χ1v) is 13.3. The molecular formula is C26H19F3N2S3. The van der Waals surface area contributed by atoms with Gasteiger partial charge in [0.15, 0.2) is 5.16 Å². The number of hydrogen-bond donors (Lipinski definition) is 0. The zero-order valence-corrected chi connectivity index (χ0v) is 20.5. The van der Waals surface area contributed by atoms with Crippen LogP contribution in [0.3, 0.4) is 0 Å². The average Bonchev–Trinajstić information content (AvgIpc) is 3.21. The highest BCUT2D eigenvalue weighted by atomic mass is 32.2. The Hall–Kier alpha value is -2.55. The van der Waals surface area contributed by atoms with Crippen LogP contribution in [0.1, 0.15) is 22.3 Å². The van der Waals surface area contributed by atoms with Crippen LogP contribution in [0.15, 0.2) is 83.0 Å². The predicted molar refractivity (Wildman–Crippen MR) is 137 cm³/mol. The fourth-order valence-corrected chi connectivity index (χ4v) is 6.58. The van der Waals surface area contributed by atoms with E-state index < -0.39 is 11.7 Å². The fraction of sp³-hybridized carbons (Fsp3) is 0.154. The molecular weight excluding hydrogens is 493 g/mol. The second kappa shape index (κ2) is 9.60. The van der Waals surface area contributed by atoms with Crippen LogP contribution < -0.4 is 0 Å². The average molecular weight is 513 g/mol. The van der Waals surface area contributed by atoms with Crippen LogP contribution in [-0.4, -0.2) is 9.97 Å². The standard InChI is InChI=1S/C26H19F3N2S3/c1-16-9-11-17(12-10-16)14-33-25-30-22-20-7-2-3-8-21(20)34-23(22)24(31-25)32-15-18-5-4-6-19(13-18)26(27,28)29/h2-13H,14-15H2,1H3. The van der Waals surface area contributed by atoms with E-state index in [1.165, 1.54) is 35.0 Å². The number of thioether (sulfide) groups is 2. The zero-order valence-electron chi connectivity index (χ0n) is 18.1. The highest BCUT2D eigenvalue weighted by molar-refractivity contribution is 7.99. The van der Waals surface area contributed by atoms with Crippen molar-refractivity contribution in [3.05, 3.63) is 95.1 Å². The van der Waals surface area contributed by atoms with Gasteiger partial charge in [0.1, 0.15) is 5.03 Å². The number of aryl methyl sites for hydroxylation is 1. The zero-order chi connectivity index (χ0) is 23.7. The van der Waals surface area contributed by atoms with E-state index in [1.807, 2.05) is 12.1 Å². The van der Waals surface area contributed by atoms with Gasteiger partial charge in [0, 0.05) is 21.6 Å². The maximum absolute atomic E-state index is 13.1. The van der Waals surface area contributed by atoms with Crippen LogP contribution >= 0.6 is 34.9 Å². The van der Waals surface area contributed by atoms with Gasteiger partial charge < -0.3 is 0 Å². The molecule has 0 aliphatic rings. The number of fused-ring (bicyclic) bond motifs is 3. The molecule has 0 N–H and O–H groups in total. The number of thiophene rings is 1. The van der Waals surface area contributed by atoms with Crippen LogP contribution in [0, 0.1) is 6.92 Å². The largest absolute Gasteiger partial charge is 0.416 e. The molecule has 0 bridgehead atoms. The summed E-state index contributed by atoms with van der Waals surface area (Å²) in [7, 11) is 0. The van der Waals surface area contributed by atoms with Crippen molar-refractivity contribution in [3.8, 4) is 0 Å². The third kappa shape index (κ3) is 5.09. The Labute approximate surface area is 207 Å². The summed E-state index contributed by atoms with van der Waals surface area (Å²) in [6.07, 6.45) is -4.35. The summed E-state index contributed by atoms with van der Waals surface area (Å²) in [6.45, 7) is 2.06. The molecule has 2 aromatic heterocycles. The Bertz CT molecular complexity index is 1460. The van der Waals surface area contributed by atoms with Gasteiger partial charge >= 0.3 is 6.18 Å². The molecule has 0 saturated carbocycles. The number of hydrogen-bond acceptors (Lipinski definition) is 5. The van der Waals surface area contributed by atoms with E-state index in [9.17, 15) is 13.2 Å². The molecule has 0 atom stereocenters. The third-order valence-corrected chi connectivity index (χ3v) is 8.55. The van der Waals surface area contributed by atoms with Gasteiger partial charge in [-0.1, -0.05) is 78.0 Å². The molecule has 172 valence electrons. The Morgan fingerprint density at radius 3 is 2.38 bits per heavy atom. The summed E-state index contributed by atoms with van der Waals surface area (Å²) in [5, 5.41) is 2.54. The van der Waals surface area contributed by atoms with E-state index in [-0.39, 0.29) is 0 Å². The van der Waals surface area contributed by atoms with Gasteiger partial charge in [0.2, 0.25) is 0 Å². The van der Waals surface area contributed by atoms with Gasteiger partial charge in [-0.3, -0.25) is 0 Å². The lowest BCUT2D eigenvalue weighted by Crippen LogP contribution is -2.04. The molecule has 0 saturated heterocycles. The lowest BCUT2D eigenvalue weighted by molar-refractivity contribution is -0.137. The molecule has 3 aromatic carbocycles. The van der Waals surface area contributed by atoms with Gasteiger partial charge in [-0.2, -0.15) is 13.2 Å². The van der Waals surface area contributed by atoms with Crippen LogP contribution in [0.25, 0.3) is 20.3 Å². The molecule has 8 heteroatoms. The van der Waals surface area contributed by atoms with Gasteiger partial charge in [-0.25, -0.2) is 9.97 Å². The van der Waals surface area contributed by atoms with Crippen molar-refractivity contribution in [2.45, 2.75) is 34.8 Å². The summed E-state index contributed by atoms with van der Waals surface area (Å²) in [5.74, 6) is 1.14. The minimum absolute atomic E-state index is 0.395. The van der Waals surface area contributed by atoms with E-state index in [1.54, 1.807) is 29.2 Å². The Kier molecular flexibility index (Phi) is 6.55. The molecule has 0 radical (unpaired) electrons. The number of alkyl halides is 3. The molecule has 0 unspecified atom stereocenters. The van der Waals surface area contributed by atoms with E-state index >= 15 is 0 Å². The monoisotopic (exact) mass is 512 g/mol.